The Morgan fingerprint density at radius 1 is 1.44 bits per heavy atom. The van der Waals surface area contributed by atoms with Crippen molar-refractivity contribution >= 4 is 28.2 Å². The zero-order chi connectivity index (χ0) is 18.2. The molecule has 134 valence electrons. The van der Waals surface area contributed by atoms with Gasteiger partial charge in [-0.1, -0.05) is 0 Å². The monoisotopic (exact) mass is 370 g/mol. The highest BCUT2D eigenvalue weighted by Crippen LogP contribution is 2.30. The van der Waals surface area contributed by atoms with Crippen LogP contribution in [0.15, 0.2) is 18.6 Å². The molecule has 2 aliphatic heterocycles. The highest BCUT2D eigenvalue weighted by molar-refractivity contribution is 7.80. The van der Waals surface area contributed by atoms with Gasteiger partial charge in [0.15, 0.2) is 0 Å². The second-order valence-corrected chi connectivity index (χ2v) is 6.48. The number of amides is 3. The van der Waals surface area contributed by atoms with E-state index in [1.165, 1.54) is 23.5 Å². The fourth-order valence-electron chi connectivity index (χ4n) is 2.83. The number of hydrogen-bond donors (Lipinski definition) is 3. The Morgan fingerprint density at radius 3 is 2.84 bits per heavy atom. The van der Waals surface area contributed by atoms with Crippen LogP contribution < -0.4 is 5.32 Å². The van der Waals surface area contributed by atoms with Gasteiger partial charge in [0.05, 0.1) is 12.1 Å². The van der Waals surface area contributed by atoms with Crippen molar-refractivity contribution in [2.24, 2.45) is 0 Å². The first-order valence-electron chi connectivity index (χ1n) is 7.19. The molecule has 12 nitrogen and oxygen atoms in total. The highest BCUT2D eigenvalue weighted by atomic mass is 32.3. The maximum atomic E-state index is 12.3. The molecular formula is C12H14N6O6S. The van der Waals surface area contributed by atoms with E-state index < -0.39 is 34.4 Å². The third kappa shape index (κ3) is 3.57. The van der Waals surface area contributed by atoms with E-state index in [-0.39, 0.29) is 18.1 Å². The average Bonchev–Trinajstić information content (AvgIpc) is 2.79. The standard InChI is InChI=1S/C12H14N6O6S/c13-10(16-11(19)8-3-4-14-6-15-8)9-2-1-7-5-17(9)12(20)18(7)24-25(21,22)23/h3-4,6-7,9H,1-2,5H2,(H2,13,16,19)(H,21,22,23). The molecule has 0 radical (unpaired) electrons. The molecule has 0 aromatic carbocycles. The lowest BCUT2D eigenvalue weighted by molar-refractivity contribution is -0.0316. The molecule has 2 fully saturated rings. The molecule has 13 heteroatoms. The summed E-state index contributed by atoms with van der Waals surface area (Å²) >= 11 is 0. The van der Waals surface area contributed by atoms with Gasteiger partial charge < -0.3 is 10.2 Å². The fraction of sp³-hybridized carbons (Fsp3) is 0.417. The van der Waals surface area contributed by atoms with Crippen molar-refractivity contribution in [3.05, 3.63) is 24.3 Å². The molecule has 2 atom stereocenters. The average molecular weight is 370 g/mol. The number of piperidine rings is 1. The maximum absolute atomic E-state index is 12.3. The molecule has 2 bridgehead atoms. The Hall–Kier alpha value is -2.64. The summed E-state index contributed by atoms with van der Waals surface area (Å²) in [6.07, 6.45) is 3.24. The predicted molar refractivity (Wildman–Crippen MR) is 80.6 cm³/mol. The van der Waals surface area contributed by atoms with E-state index in [9.17, 15) is 18.0 Å². The first-order valence-corrected chi connectivity index (χ1v) is 8.55. The topological polar surface area (TPSA) is 166 Å². The maximum Gasteiger partial charge on any atom is 0.418 e. The number of hydroxylamine groups is 2. The summed E-state index contributed by atoms with van der Waals surface area (Å²) < 4.78 is 34.8. The Balaban J connectivity index is 1.69. The van der Waals surface area contributed by atoms with Crippen LogP contribution in [-0.2, 0) is 14.7 Å². The zero-order valence-corrected chi connectivity index (χ0v) is 13.5. The number of aromatic nitrogens is 2. The molecule has 3 rings (SSSR count). The van der Waals surface area contributed by atoms with Crippen molar-refractivity contribution in [3.63, 3.8) is 0 Å². The molecule has 1 aromatic heterocycles. The first-order chi connectivity index (χ1) is 11.8. The van der Waals surface area contributed by atoms with Gasteiger partial charge >= 0.3 is 16.4 Å². The minimum absolute atomic E-state index is 0.0671. The van der Waals surface area contributed by atoms with Crippen LogP contribution in [0.1, 0.15) is 23.3 Å². The predicted octanol–water partition coefficient (Wildman–Crippen LogP) is -0.813. The third-order valence-electron chi connectivity index (χ3n) is 3.89. The smallest absolute Gasteiger partial charge is 0.310 e. The number of nitrogens with one attached hydrogen (secondary N) is 2. The van der Waals surface area contributed by atoms with Crippen molar-refractivity contribution < 1.29 is 26.8 Å². The molecule has 1 aromatic rings. The van der Waals surface area contributed by atoms with Gasteiger partial charge in [0, 0.05) is 12.7 Å². The van der Waals surface area contributed by atoms with E-state index in [1.807, 2.05) is 0 Å². The van der Waals surface area contributed by atoms with Crippen LogP contribution in [0.5, 0.6) is 0 Å². The SMILES string of the molecule is N=C(NC(=O)c1ccncn1)C1CCC2CN1C(=O)N2OS(=O)(=O)O. The van der Waals surface area contributed by atoms with Gasteiger partial charge in [0.2, 0.25) is 0 Å². The molecule has 0 saturated carbocycles. The van der Waals surface area contributed by atoms with Crippen molar-refractivity contribution in [2.45, 2.75) is 24.9 Å². The Kier molecular flexibility index (Phi) is 4.36. The highest BCUT2D eigenvalue weighted by Gasteiger charge is 2.48. The summed E-state index contributed by atoms with van der Waals surface area (Å²) in [5.74, 6) is -0.837. The molecule has 2 aliphatic rings. The van der Waals surface area contributed by atoms with Gasteiger partial charge in [0.25, 0.3) is 5.91 Å². The van der Waals surface area contributed by atoms with Crippen molar-refractivity contribution in [1.29, 1.82) is 5.41 Å². The number of amidine groups is 1. The van der Waals surface area contributed by atoms with Crippen LogP contribution in [0.2, 0.25) is 0 Å². The summed E-state index contributed by atoms with van der Waals surface area (Å²) in [6.45, 7) is 0.116. The lowest BCUT2D eigenvalue weighted by Gasteiger charge is -2.30. The summed E-state index contributed by atoms with van der Waals surface area (Å²) in [5, 5.41) is 11.0. The van der Waals surface area contributed by atoms with Crippen molar-refractivity contribution in [1.82, 2.24) is 25.2 Å². The molecular weight excluding hydrogens is 356 g/mol. The van der Waals surface area contributed by atoms with E-state index in [4.69, 9.17) is 9.96 Å². The van der Waals surface area contributed by atoms with Crippen LogP contribution in [0, 0.1) is 5.41 Å². The number of rotatable bonds is 4. The largest absolute Gasteiger partial charge is 0.418 e. The first kappa shape index (κ1) is 17.2. The Labute approximate surface area is 142 Å². The molecule has 0 spiro atoms. The Bertz CT molecular complexity index is 815. The van der Waals surface area contributed by atoms with Gasteiger partial charge in [-0.3, -0.25) is 14.8 Å². The summed E-state index contributed by atoms with van der Waals surface area (Å²) in [6, 6.07) is -0.728. The number of hydrogen-bond acceptors (Lipinski definition) is 8. The number of fused-ring (bicyclic) bond motifs is 2. The normalized spacial score (nSPS) is 22.8. The zero-order valence-electron chi connectivity index (χ0n) is 12.7. The van der Waals surface area contributed by atoms with Gasteiger partial charge in [-0.2, -0.15) is 13.5 Å². The molecule has 3 N–H and O–H groups in total. The van der Waals surface area contributed by atoms with E-state index in [2.05, 4.69) is 19.6 Å². The quantitative estimate of drug-likeness (QED) is 0.351. The molecule has 2 unspecified atom stereocenters. The number of nitrogens with zero attached hydrogens (tertiary/aromatic N) is 4. The number of urea groups is 1. The van der Waals surface area contributed by atoms with Crippen molar-refractivity contribution in [2.75, 3.05) is 6.54 Å². The van der Waals surface area contributed by atoms with E-state index in [0.717, 1.165) is 0 Å². The second-order valence-electron chi connectivity index (χ2n) is 5.47. The Morgan fingerprint density at radius 2 is 2.20 bits per heavy atom. The third-order valence-corrected chi connectivity index (χ3v) is 4.24. The van der Waals surface area contributed by atoms with Crippen LogP contribution in [-0.4, -0.2) is 69.3 Å². The van der Waals surface area contributed by atoms with Crippen LogP contribution in [0.4, 0.5) is 4.79 Å². The summed E-state index contributed by atoms with van der Waals surface area (Å²) in [5.41, 5.74) is 0.0671. The minimum atomic E-state index is -4.83. The summed E-state index contributed by atoms with van der Waals surface area (Å²) in [7, 11) is -4.83. The number of carbonyl (C=O) groups is 2. The molecule has 0 aliphatic carbocycles. The molecule has 2 saturated heterocycles. The van der Waals surface area contributed by atoms with Gasteiger partial charge in [-0.25, -0.2) is 14.8 Å². The number of carbonyl (C=O) groups excluding carboxylic acids is 2. The fourth-order valence-corrected chi connectivity index (χ4v) is 3.21. The van der Waals surface area contributed by atoms with Crippen LogP contribution in [0.3, 0.4) is 0 Å². The second kappa shape index (κ2) is 6.34. The van der Waals surface area contributed by atoms with Crippen LogP contribution >= 0.6 is 0 Å². The van der Waals surface area contributed by atoms with Gasteiger partial charge in [-0.15, -0.1) is 4.28 Å². The molecule has 3 heterocycles. The lowest BCUT2D eigenvalue weighted by atomic mass is 10.00. The molecule has 3 amide bonds. The van der Waals surface area contributed by atoms with Crippen LogP contribution in [0.25, 0.3) is 0 Å². The van der Waals surface area contributed by atoms with Gasteiger partial charge in [-0.05, 0) is 18.9 Å². The van der Waals surface area contributed by atoms with Gasteiger partial charge in [0.1, 0.15) is 17.9 Å². The lowest BCUT2D eigenvalue weighted by Crippen LogP contribution is -2.50. The van der Waals surface area contributed by atoms with E-state index in [1.54, 1.807) is 0 Å². The van der Waals surface area contributed by atoms with E-state index in [0.29, 0.717) is 17.9 Å². The summed E-state index contributed by atoms with van der Waals surface area (Å²) in [4.78, 5) is 33.0. The minimum Gasteiger partial charge on any atom is -0.310 e. The van der Waals surface area contributed by atoms with E-state index >= 15 is 0 Å². The van der Waals surface area contributed by atoms with Crippen molar-refractivity contribution in [3.8, 4) is 0 Å². The molecule has 25 heavy (non-hydrogen) atoms.